The quantitative estimate of drug-likeness (QED) is 0.553. The molecule has 3 aromatic rings. The van der Waals surface area contributed by atoms with Crippen LogP contribution in [0, 0.1) is 11.8 Å². The number of halogens is 6. The van der Waals surface area contributed by atoms with E-state index in [9.17, 15) is 22.0 Å². The molecule has 0 radical (unpaired) electrons. The van der Waals surface area contributed by atoms with Crippen LogP contribution in [0.25, 0.3) is 10.9 Å². The van der Waals surface area contributed by atoms with E-state index >= 15 is 0 Å². The highest BCUT2D eigenvalue weighted by molar-refractivity contribution is 9.10. The lowest BCUT2D eigenvalue weighted by Crippen LogP contribution is -2.47. The second kappa shape index (κ2) is 6.77. The Morgan fingerprint density at radius 3 is 2.71 bits per heavy atom. The molecule has 10 heteroatoms. The summed E-state index contributed by atoms with van der Waals surface area (Å²) >= 11 is 3.11. The Hall–Kier alpha value is -2.07. The predicted octanol–water partition coefficient (Wildman–Crippen LogP) is 4.90. The van der Waals surface area contributed by atoms with Gasteiger partial charge < -0.3 is 0 Å². The lowest BCUT2D eigenvalue weighted by molar-refractivity contribution is -0.155. The molecule has 0 spiro atoms. The summed E-state index contributed by atoms with van der Waals surface area (Å²) in [7, 11) is 0. The molecule has 0 saturated heterocycles. The van der Waals surface area contributed by atoms with Crippen molar-refractivity contribution in [1.82, 2.24) is 20.1 Å². The summed E-state index contributed by atoms with van der Waals surface area (Å²) in [6.07, 6.45) is -2.98. The number of fused-ring (bicyclic) bond motifs is 3. The van der Waals surface area contributed by atoms with Gasteiger partial charge in [0.05, 0.1) is 29.2 Å². The van der Waals surface area contributed by atoms with Gasteiger partial charge >= 0.3 is 6.18 Å². The van der Waals surface area contributed by atoms with Crippen molar-refractivity contribution in [2.45, 2.75) is 31.6 Å². The number of nitrogens with zero attached hydrogens (tertiary/aromatic N) is 3. The second-order valence-corrected chi connectivity index (χ2v) is 7.75. The van der Waals surface area contributed by atoms with E-state index in [-0.39, 0.29) is 17.5 Å². The Labute approximate surface area is 164 Å². The van der Waals surface area contributed by atoms with Crippen molar-refractivity contribution in [3.05, 3.63) is 57.5 Å². The van der Waals surface area contributed by atoms with Crippen molar-refractivity contribution < 1.29 is 22.0 Å². The Bertz CT molecular complexity index is 1050. The van der Waals surface area contributed by atoms with Crippen molar-refractivity contribution in [2.75, 3.05) is 6.54 Å². The molecule has 0 bridgehead atoms. The minimum atomic E-state index is -4.49. The third-order valence-corrected chi connectivity index (χ3v) is 5.41. The fourth-order valence-corrected chi connectivity index (χ4v) is 4.17. The molecule has 148 valence electrons. The minimum absolute atomic E-state index is 0.136. The lowest BCUT2D eigenvalue weighted by Gasteiger charge is -2.42. The Kier molecular flexibility index (Phi) is 4.65. The van der Waals surface area contributed by atoms with Crippen LogP contribution in [-0.4, -0.2) is 38.8 Å². The maximum Gasteiger partial charge on any atom is 0.401 e. The number of benzene rings is 1. The Morgan fingerprint density at radius 2 is 2.04 bits per heavy atom. The van der Waals surface area contributed by atoms with E-state index in [0.29, 0.717) is 21.1 Å². The highest BCUT2D eigenvalue weighted by Crippen LogP contribution is 2.42. The van der Waals surface area contributed by atoms with Crippen molar-refractivity contribution in [3.63, 3.8) is 0 Å². The van der Waals surface area contributed by atoms with Crippen LogP contribution in [0.5, 0.6) is 0 Å². The molecule has 0 fully saturated rings. The van der Waals surface area contributed by atoms with Gasteiger partial charge in [0.2, 0.25) is 5.95 Å². The smallest absolute Gasteiger partial charge is 0.279 e. The van der Waals surface area contributed by atoms with Crippen molar-refractivity contribution in [2.24, 2.45) is 0 Å². The summed E-state index contributed by atoms with van der Waals surface area (Å²) < 4.78 is 69.2. The zero-order valence-electron chi connectivity index (χ0n) is 14.5. The number of pyridine rings is 1. The van der Waals surface area contributed by atoms with Gasteiger partial charge in [-0.2, -0.15) is 17.6 Å². The lowest BCUT2D eigenvalue weighted by atomic mass is 9.85. The summed E-state index contributed by atoms with van der Waals surface area (Å²) in [4.78, 5) is 5.22. The molecule has 1 aliphatic heterocycles. The van der Waals surface area contributed by atoms with Gasteiger partial charge in [0.25, 0.3) is 0 Å². The average Bonchev–Trinajstić information content (AvgIpc) is 2.97. The van der Waals surface area contributed by atoms with Crippen LogP contribution >= 0.6 is 15.9 Å². The first kappa shape index (κ1) is 19.3. The SMILES string of the molecule is C[C@@H]1Cc2c(ccc3[nH]nc(F)c23)[C@@H](c2ncc(Br)cc2F)N1CC(F)(F)F. The van der Waals surface area contributed by atoms with E-state index < -0.39 is 36.6 Å². The number of aromatic amines is 1. The van der Waals surface area contributed by atoms with Gasteiger partial charge in [-0.05, 0) is 52.5 Å². The van der Waals surface area contributed by atoms with Crippen LogP contribution in [0.15, 0.2) is 28.9 Å². The number of nitrogens with one attached hydrogen (secondary N) is 1. The predicted molar refractivity (Wildman–Crippen MR) is 95.7 cm³/mol. The van der Waals surface area contributed by atoms with E-state index in [1.54, 1.807) is 13.0 Å². The molecule has 0 amide bonds. The maximum atomic E-state index is 14.7. The highest BCUT2D eigenvalue weighted by Gasteiger charge is 2.42. The number of hydrogen-bond donors (Lipinski definition) is 1. The first-order valence-electron chi connectivity index (χ1n) is 8.44. The zero-order valence-corrected chi connectivity index (χ0v) is 16.1. The van der Waals surface area contributed by atoms with E-state index in [2.05, 4.69) is 31.1 Å². The number of rotatable bonds is 2. The molecule has 4 nitrogen and oxygen atoms in total. The van der Waals surface area contributed by atoms with Gasteiger partial charge in [-0.1, -0.05) is 6.07 Å². The van der Waals surface area contributed by atoms with Crippen LogP contribution in [0.2, 0.25) is 0 Å². The van der Waals surface area contributed by atoms with Crippen molar-refractivity contribution in [3.8, 4) is 0 Å². The van der Waals surface area contributed by atoms with Gasteiger partial charge in [0.1, 0.15) is 5.82 Å². The minimum Gasteiger partial charge on any atom is -0.279 e. The fourth-order valence-electron chi connectivity index (χ4n) is 3.86. The van der Waals surface area contributed by atoms with Crippen LogP contribution in [-0.2, 0) is 6.42 Å². The molecule has 0 saturated carbocycles. The van der Waals surface area contributed by atoms with Gasteiger partial charge in [0, 0.05) is 16.7 Å². The van der Waals surface area contributed by atoms with Crippen molar-refractivity contribution in [1.29, 1.82) is 0 Å². The second-order valence-electron chi connectivity index (χ2n) is 6.83. The molecule has 3 heterocycles. The molecule has 1 N–H and O–H groups in total. The van der Waals surface area contributed by atoms with Crippen LogP contribution in [0.1, 0.15) is 29.8 Å². The molecule has 4 rings (SSSR count). The average molecular weight is 461 g/mol. The van der Waals surface area contributed by atoms with Crippen LogP contribution in [0.4, 0.5) is 22.0 Å². The summed E-state index contributed by atoms with van der Waals surface area (Å²) in [5.41, 5.74) is 1.21. The maximum absolute atomic E-state index is 14.7. The molecular weight excluding hydrogens is 447 g/mol. The van der Waals surface area contributed by atoms with Crippen LogP contribution < -0.4 is 0 Å². The van der Waals surface area contributed by atoms with Gasteiger partial charge in [-0.3, -0.25) is 15.0 Å². The summed E-state index contributed by atoms with van der Waals surface area (Å²) in [5, 5.41) is 6.34. The van der Waals surface area contributed by atoms with Crippen molar-refractivity contribution >= 4 is 26.8 Å². The highest BCUT2D eigenvalue weighted by atomic mass is 79.9. The van der Waals surface area contributed by atoms with E-state index in [1.165, 1.54) is 12.3 Å². The Balaban J connectivity index is 1.96. The van der Waals surface area contributed by atoms with Gasteiger partial charge in [-0.25, -0.2) is 4.39 Å². The molecule has 2 atom stereocenters. The number of hydrogen-bond acceptors (Lipinski definition) is 3. The van der Waals surface area contributed by atoms with E-state index in [1.807, 2.05) is 0 Å². The van der Waals surface area contributed by atoms with Gasteiger partial charge in [-0.15, -0.1) is 5.10 Å². The molecule has 28 heavy (non-hydrogen) atoms. The molecule has 0 unspecified atom stereocenters. The molecule has 0 aliphatic carbocycles. The largest absolute Gasteiger partial charge is 0.401 e. The first-order chi connectivity index (χ1) is 13.2. The number of H-pyrrole nitrogens is 1. The number of alkyl halides is 3. The summed E-state index contributed by atoms with van der Waals surface area (Å²) in [6.45, 7) is 0.372. The number of aromatic nitrogens is 3. The van der Waals surface area contributed by atoms with Gasteiger partial charge in [0.15, 0.2) is 0 Å². The molecule has 1 aliphatic rings. The summed E-state index contributed by atoms with van der Waals surface area (Å²) in [6, 6.07) is 2.55. The first-order valence-corrected chi connectivity index (χ1v) is 9.24. The third-order valence-electron chi connectivity index (χ3n) is 4.98. The zero-order chi connectivity index (χ0) is 20.2. The fraction of sp³-hybridized carbons (Fsp3) is 0.333. The normalized spacial score (nSPS) is 20.5. The monoisotopic (exact) mass is 460 g/mol. The van der Waals surface area contributed by atoms with E-state index in [0.717, 1.165) is 11.0 Å². The summed E-state index contributed by atoms with van der Waals surface area (Å²) in [5.74, 6) is -1.47. The standard InChI is InChI=1S/C18H14BrF5N4/c1-8-4-11-10(2-3-13-14(11)17(21)27-26-13)16(28(8)7-18(22,23)24)15-12(20)5-9(19)6-25-15/h2-3,5-6,8,16H,4,7H2,1H3,(H,26,27)/t8-,16+/m1/s1. The van der Waals surface area contributed by atoms with E-state index in [4.69, 9.17) is 0 Å². The molecule has 2 aromatic heterocycles. The van der Waals surface area contributed by atoms with Crippen LogP contribution in [0.3, 0.4) is 0 Å². The molecular formula is C18H14BrF5N4. The Morgan fingerprint density at radius 1 is 1.29 bits per heavy atom. The third kappa shape index (κ3) is 3.28. The topological polar surface area (TPSA) is 44.8 Å². The molecule has 1 aromatic carbocycles.